The Morgan fingerprint density at radius 2 is 2.11 bits per heavy atom. The van der Waals surface area contributed by atoms with Crippen molar-refractivity contribution >= 4 is 0 Å². The summed E-state index contributed by atoms with van der Waals surface area (Å²) in [4.78, 5) is 8.24. The van der Waals surface area contributed by atoms with Crippen LogP contribution in [-0.4, -0.2) is 9.97 Å². The van der Waals surface area contributed by atoms with Crippen molar-refractivity contribution in [3.63, 3.8) is 0 Å². The van der Waals surface area contributed by atoms with Crippen LogP contribution in [0.25, 0.3) is 0 Å². The van der Waals surface area contributed by atoms with E-state index < -0.39 is 0 Å². The molecule has 1 aliphatic rings. The standard InChI is InChI=1S/C14H15N3O/c15-13-5-2-10-8-11(3-4-12(10)13)18-9-14-16-6-1-7-17-14/h1,3-4,6-8,13H,2,5,9,15H2/t13-/m1/s1. The highest BCUT2D eigenvalue weighted by Gasteiger charge is 2.19. The maximum absolute atomic E-state index is 6.00. The Morgan fingerprint density at radius 3 is 2.94 bits per heavy atom. The predicted molar refractivity (Wildman–Crippen MR) is 68.1 cm³/mol. The third-order valence-electron chi connectivity index (χ3n) is 3.23. The first-order chi connectivity index (χ1) is 8.83. The SMILES string of the molecule is N[C@@H]1CCc2cc(OCc3ncccn3)ccc21. The Labute approximate surface area is 106 Å². The lowest BCUT2D eigenvalue weighted by Crippen LogP contribution is -2.05. The van der Waals surface area contributed by atoms with Crippen molar-refractivity contribution in [2.24, 2.45) is 5.73 Å². The van der Waals surface area contributed by atoms with Gasteiger partial charge in [0.05, 0.1) is 0 Å². The number of benzene rings is 1. The number of nitrogens with zero attached hydrogens (tertiary/aromatic N) is 2. The van der Waals surface area contributed by atoms with Crippen molar-refractivity contribution < 1.29 is 4.74 Å². The summed E-state index contributed by atoms with van der Waals surface area (Å²) in [6.45, 7) is 0.395. The number of aryl methyl sites for hydroxylation is 1. The van der Waals surface area contributed by atoms with Crippen LogP contribution >= 0.6 is 0 Å². The lowest BCUT2D eigenvalue weighted by Gasteiger charge is -2.08. The minimum Gasteiger partial charge on any atom is -0.486 e. The molecule has 0 spiro atoms. The summed E-state index contributed by atoms with van der Waals surface area (Å²) in [5, 5.41) is 0. The van der Waals surface area contributed by atoms with Gasteiger partial charge in [-0.05, 0) is 42.2 Å². The molecular formula is C14H15N3O. The molecule has 3 rings (SSSR count). The van der Waals surface area contributed by atoms with Crippen LogP contribution in [0.2, 0.25) is 0 Å². The highest BCUT2D eigenvalue weighted by atomic mass is 16.5. The molecule has 0 saturated carbocycles. The number of hydrogen-bond donors (Lipinski definition) is 1. The van der Waals surface area contributed by atoms with Crippen molar-refractivity contribution in [1.82, 2.24) is 9.97 Å². The van der Waals surface area contributed by atoms with Crippen molar-refractivity contribution in [2.75, 3.05) is 0 Å². The highest BCUT2D eigenvalue weighted by molar-refractivity contribution is 5.40. The molecule has 4 nitrogen and oxygen atoms in total. The first-order valence-electron chi connectivity index (χ1n) is 6.10. The van der Waals surface area contributed by atoms with Gasteiger partial charge in [-0.3, -0.25) is 0 Å². The number of nitrogens with two attached hydrogens (primary N) is 1. The van der Waals surface area contributed by atoms with Gasteiger partial charge in [-0.15, -0.1) is 0 Å². The Morgan fingerprint density at radius 1 is 1.28 bits per heavy atom. The summed E-state index contributed by atoms with van der Waals surface area (Å²) in [6.07, 6.45) is 5.50. The molecule has 0 saturated heterocycles. The third kappa shape index (κ3) is 2.19. The normalized spacial score (nSPS) is 17.5. The zero-order chi connectivity index (χ0) is 12.4. The Hall–Kier alpha value is -1.94. The Kier molecular flexibility index (Phi) is 2.94. The van der Waals surface area contributed by atoms with Gasteiger partial charge in [0, 0.05) is 18.4 Å². The Bertz CT molecular complexity index is 542. The summed E-state index contributed by atoms with van der Waals surface area (Å²) < 4.78 is 5.69. The van der Waals surface area contributed by atoms with Crippen LogP contribution in [0.5, 0.6) is 5.75 Å². The summed E-state index contributed by atoms with van der Waals surface area (Å²) in [7, 11) is 0. The molecule has 1 aromatic heterocycles. The number of fused-ring (bicyclic) bond motifs is 1. The summed E-state index contributed by atoms with van der Waals surface area (Å²) in [5.41, 5.74) is 8.55. The lowest BCUT2D eigenvalue weighted by atomic mass is 10.1. The predicted octanol–water partition coefficient (Wildman–Crippen LogP) is 2.00. The van der Waals surface area contributed by atoms with Gasteiger partial charge in [0.25, 0.3) is 0 Å². The van der Waals surface area contributed by atoms with Crippen molar-refractivity contribution in [2.45, 2.75) is 25.5 Å². The first kappa shape index (κ1) is 11.2. The molecule has 1 aromatic carbocycles. The molecule has 0 aliphatic heterocycles. The fourth-order valence-corrected chi connectivity index (χ4v) is 2.27. The molecule has 92 valence electrons. The molecule has 0 unspecified atom stereocenters. The molecule has 1 heterocycles. The van der Waals surface area contributed by atoms with Gasteiger partial charge in [0.2, 0.25) is 0 Å². The average molecular weight is 241 g/mol. The van der Waals surface area contributed by atoms with E-state index in [1.165, 1.54) is 11.1 Å². The van der Waals surface area contributed by atoms with E-state index in [1.807, 2.05) is 6.07 Å². The zero-order valence-electron chi connectivity index (χ0n) is 10.0. The van der Waals surface area contributed by atoms with E-state index in [2.05, 4.69) is 22.1 Å². The largest absolute Gasteiger partial charge is 0.486 e. The minimum atomic E-state index is 0.187. The average Bonchev–Trinajstić information content (AvgIpc) is 2.79. The van der Waals surface area contributed by atoms with Gasteiger partial charge < -0.3 is 10.5 Å². The maximum atomic E-state index is 6.00. The van der Waals surface area contributed by atoms with E-state index in [0.29, 0.717) is 12.4 Å². The van der Waals surface area contributed by atoms with Gasteiger partial charge in [-0.1, -0.05) is 6.07 Å². The molecular weight excluding hydrogens is 226 g/mol. The number of rotatable bonds is 3. The maximum Gasteiger partial charge on any atom is 0.166 e. The van der Waals surface area contributed by atoms with E-state index in [4.69, 9.17) is 10.5 Å². The monoisotopic (exact) mass is 241 g/mol. The molecule has 1 atom stereocenters. The molecule has 4 heteroatoms. The van der Waals surface area contributed by atoms with E-state index in [9.17, 15) is 0 Å². The molecule has 0 radical (unpaired) electrons. The van der Waals surface area contributed by atoms with Crippen LogP contribution in [0.15, 0.2) is 36.7 Å². The molecule has 0 bridgehead atoms. The van der Waals surface area contributed by atoms with Crippen LogP contribution in [0.4, 0.5) is 0 Å². The molecule has 18 heavy (non-hydrogen) atoms. The quantitative estimate of drug-likeness (QED) is 0.892. The summed E-state index contributed by atoms with van der Waals surface area (Å²) >= 11 is 0. The first-order valence-corrected chi connectivity index (χ1v) is 6.10. The summed E-state index contributed by atoms with van der Waals surface area (Å²) in [6, 6.07) is 8.08. The second-order valence-electron chi connectivity index (χ2n) is 4.46. The van der Waals surface area contributed by atoms with E-state index in [-0.39, 0.29) is 6.04 Å². The number of ether oxygens (including phenoxy) is 1. The smallest absolute Gasteiger partial charge is 0.166 e. The van der Waals surface area contributed by atoms with Gasteiger partial charge in [-0.2, -0.15) is 0 Å². The van der Waals surface area contributed by atoms with Crippen molar-refractivity contribution in [3.05, 3.63) is 53.6 Å². The topological polar surface area (TPSA) is 61.0 Å². The number of aromatic nitrogens is 2. The number of hydrogen-bond acceptors (Lipinski definition) is 4. The second-order valence-corrected chi connectivity index (χ2v) is 4.46. The molecule has 2 aromatic rings. The molecule has 2 N–H and O–H groups in total. The van der Waals surface area contributed by atoms with Crippen molar-refractivity contribution in [3.8, 4) is 5.75 Å². The van der Waals surface area contributed by atoms with Crippen LogP contribution in [0, 0.1) is 0 Å². The highest BCUT2D eigenvalue weighted by Crippen LogP contribution is 2.31. The fraction of sp³-hybridized carbons (Fsp3) is 0.286. The fourth-order valence-electron chi connectivity index (χ4n) is 2.27. The zero-order valence-corrected chi connectivity index (χ0v) is 10.0. The third-order valence-corrected chi connectivity index (χ3v) is 3.23. The Balaban J connectivity index is 1.71. The molecule has 1 aliphatic carbocycles. The van der Waals surface area contributed by atoms with Gasteiger partial charge in [0.1, 0.15) is 12.4 Å². The van der Waals surface area contributed by atoms with E-state index in [1.54, 1.807) is 18.5 Å². The van der Waals surface area contributed by atoms with Crippen LogP contribution < -0.4 is 10.5 Å². The van der Waals surface area contributed by atoms with Gasteiger partial charge >= 0.3 is 0 Å². The second kappa shape index (κ2) is 4.74. The van der Waals surface area contributed by atoms with Crippen LogP contribution in [0.1, 0.15) is 29.4 Å². The lowest BCUT2D eigenvalue weighted by molar-refractivity contribution is 0.295. The minimum absolute atomic E-state index is 0.187. The van der Waals surface area contributed by atoms with E-state index >= 15 is 0 Å². The van der Waals surface area contributed by atoms with E-state index in [0.717, 1.165) is 18.6 Å². The molecule has 0 amide bonds. The molecule has 0 fully saturated rings. The van der Waals surface area contributed by atoms with Crippen molar-refractivity contribution in [1.29, 1.82) is 0 Å². The van der Waals surface area contributed by atoms with Crippen LogP contribution in [0.3, 0.4) is 0 Å². The van der Waals surface area contributed by atoms with Crippen LogP contribution in [-0.2, 0) is 13.0 Å². The summed E-state index contributed by atoms with van der Waals surface area (Å²) in [5.74, 6) is 1.55. The van der Waals surface area contributed by atoms with Gasteiger partial charge in [0.15, 0.2) is 5.82 Å². The van der Waals surface area contributed by atoms with Gasteiger partial charge in [-0.25, -0.2) is 9.97 Å².